The minimum atomic E-state index is -3.99. The number of aromatic nitrogens is 2. The largest absolute Gasteiger partial charge is 0.326 e. The second-order valence-corrected chi connectivity index (χ2v) is 13.3. The monoisotopic (exact) mass is 626 g/mol. The zero-order valence-electron chi connectivity index (χ0n) is 23.8. The van der Waals surface area contributed by atoms with Gasteiger partial charge in [-0.2, -0.15) is 0 Å². The van der Waals surface area contributed by atoms with Crippen LogP contribution in [0.4, 0.5) is 5.69 Å². The molecule has 4 aromatic carbocycles. The number of hydrogen-bond acceptors (Lipinski definition) is 6. The van der Waals surface area contributed by atoms with Gasteiger partial charge in [-0.15, -0.1) is 0 Å². The number of imidazole rings is 1. The summed E-state index contributed by atoms with van der Waals surface area (Å²) in [6.07, 6.45) is 3.35. The number of aromatic amines is 1. The van der Waals surface area contributed by atoms with E-state index in [2.05, 4.69) is 34.1 Å². The Bertz CT molecular complexity index is 2140. The van der Waals surface area contributed by atoms with Gasteiger partial charge in [0.25, 0.3) is 0 Å². The molecule has 3 heterocycles. The van der Waals surface area contributed by atoms with Crippen LogP contribution in [0.5, 0.6) is 0 Å². The molecule has 0 spiro atoms. The number of H-pyrrole nitrogens is 1. The first-order chi connectivity index (χ1) is 21.2. The lowest BCUT2D eigenvalue weighted by Crippen LogP contribution is -2.39. The van der Waals surface area contributed by atoms with Gasteiger partial charge in [0.2, 0.25) is 10.0 Å². The van der Waals surface area contributed by atoms with E-state index in [0.717, 1.165) is 54.8 Å². The maximum Gasteiger partial charge on any atom is 0.326 e. The van der Waals surface area contributed by atoms with Gasteiger partial charge in [0.15, 0.2) is 6.17 Å². The second kappa shape index (κ2) is 11.4. The Labute approximate surface area is 259 Å². The predicted molar refractivity (Wildman–Crippen MR) is 172 cm³/mol. The molecule has 1 atom stereocenters. The van der Waals surface area contributed by atoms with Gasteiger partial charge in [-0.3, -0.25) is 14.5 Å². The quantitative estimate of drug-likeness (QED) is 0.295. The van der Waals surface area contributed by atoms with Gasteiger partial charge in [-0.1, -0.05) is 66.2 Å². The van der Waals surface area contributed by atoms with Gasteiger partial charge in [-0.05, 0) is 60.4 Å². The Morgan fingerprint density at radius 2 is 1.64 bits per heavy atom. The highest BCUT2D eigenvalue weighted by Gasteiger charge is 2.25. The highest BCUT2D eigenvalue weighted by molar-refractivity contribution is 7.89. The van der Waals surface area contributed by atoms with Crippen molar-refractivity contribution in [2.75, 3.05) is 18.0 Å². The van der Waals surface area contributed by atoms with Crippen LogP contribution in [0.15, 0.2) is 106 Å². The van der Waals surface area contributed by atoms with Crippen molar-refractivity contribution in [2.45, 2.75) is 36.5 Å². The summed E-state index contributed by atoms with van der Waals surface area (Å²) in [5, 5.41) is 6.66. The molecule has 0 bridgehead atoms. The van der Waals surface area contributed by atoms with Crippen LogP contribution in [-0.4, -0.2) is 36.0 Å². The van der Waals surface area contributed by atoms with Gasteiger partial charge < -0.3 is 9.88 Å². The van der Waals surface area contributed by atoms with Crippen molar-refractivity contribution in [1.82, 2.24) is 14.5 Å². The number of anilines is 1. The second-order valence-electron chi connectivity index (χ2n) is 11.3. The average molecular weight is 627 g/mol. The summed E-state index contributed by atoms with van der Waals surface area (Å²) in [5.41, 5.74) is 4.92. The first-order valence-electron chi connectivity index (χ1n) is 14.5. The van der Waals surface area contributed by atoms with E-state index in [4.69, 9.17) is 21.7 Å². The topological polar surface area (TPSA) is 117 Å². The Kier molecular flexibility index (Phi) is 7.37. The van der Waals surface area contributed by atoms with Crippen molar-refractivity contribution in [3.8, 4) is 0 Å². The molecule has 1 saturated heterocycles. The number of rotatable bonds is 6. The van der Waals surface area contributed by atoms with Crippen molar-refractivity contribution in [2.24, 2.45) is 10.1 Å². The summed E-state index contributed by atoms with van der Waals surface area (Å²) in [6.45, 7) is 2.64. The molecule has 3 N–H and O–H groups in total. The number of fused-ring (bicyclic) bond motifs is 2. The molecule has 2 aliphatic heterocycles. The first-order valence-corrected chi connectivity index (χ1v) is 16.4. The molecule has 2 aliphatic rings. The number of primary sulfonamides is 1. The van der Waals surface area contributed by atoms with Crippen molar-refractivity contribution in [3.63, 3.8) is 0 Å². The summed E-state index contributed by atoms with van der Waals surface area (Å²) in [7, 11) is -3.99. The lowest BCUT2D eigenvalue weighted by atomic mass is 10.0. The van der Waals surface area contributed by atoms with Crippen LogP contribution in [0.2, 0.25) is 5.02 Å². The zero-order valence-corrected chi connectivity index (χ0v) is 25.4. The molecule has 1 aromatic heterocycles. The van der Waals surface area contributed by atoms with E-state index in [-0.39, 0.29) is 27.8 Å². The highest BCUT2D eigenvalue weighted by Crippen LogP contribution is 2.31. The van der Waals surface area contributed by atoms with Gasteiger partial charge in [0.05, 0.1) is 21.4 Å². The van der Waals surface area contributed by atoms with Crippen LogP contribution in [0.25, 0.3) is 17.2 Å². The van der Waals surface area contributed by atoms with Crippen molar-refractivity contribution in [3.05, 3.63) is 128 Å². The average Bonchev–Trinajstić information content (AvgIpc) is 3.36. The number of nitrogens with two attached hydrogens (primary N) is 1. The Morgan fingerprint density at radius 3 is 2.36 bits per heavy atom. The predicted octanol–water partition coefficient (Wildman–Crippen LogP) is 4.04. The molecule has 5 aromatic rings. The van der Waals surface area contributed by atoms with E-state index in [9.17, 15) is 13.2 Å². The van der Waals surface area contributed by atoms with E-state index in [1.165, 1.54) is 11.6 Å². The number of nitrogens with zero attached hydrogens (tertiary/aromatic N) is 4. The van der Waals surface area contributed by atoms with Gasteiger partial charge in [0, 0.05) is 42.8 Å². The molecule has 0 amide bonds. The third-order valence-corrected chi connectivity index (χ3v) is 9.85. The van der Waals surface area contributed by atoms with Crippen molar-refractivity contribution >= 4 is 44.5 Å². The fraction of sp³-hybridized carbons (Fsp3) is 0.212. The summed E-state index contributed by atoms with van der Waals surface area (Å²) in [4.78, 5) is 25.0. The van der Waals surface area contributed by atoms with Crippen LogP contribution >= 0.6 is 11.6 Å². The molecular weight excluding hydrogens is 596 g/mol. The maximum atomic E-state index is 12.7. The van der Waals surface area contributed by atoms with Crippen LogP contribution in [0.3, 0.4) is 0 Å². The molecule has 0 aliphatic carbocycles. The minimum absolute atomic E-state index is 0.0371. The molecule has 1 unspecified atom stereocenters. The van der Waals surface area contributed by atoms with Crippen LogP contribution in [-0.2, 0) is 16.6 Å². The Hall–Kier alpha value is -4.22. The first kappa shape index (κ1) is 28.5. The summed E-state index contributed by atoms with van der Waals surface area (Å²) < 4.78 is 26.1. The van der Waals surface area contributed by atoms with Gasteiger partial charge >= 0.3 is 5.69 Å². The zero-order chi connectivity index (χ0) is 30.4. The smallest absolute Gasteiger partial charge is 0.321 e. The number of likely N-dealkylation sites (tertiary alicyclic amines) is 1. The fourth-order valence-electron chi connectivity index (χ4n) is 6.28. The van der Waals surface area contributed by atoms with Crippen LogP contribution in [0.1, 0.15) is 36.2 Å². The third-order valence-electron chi connectivity index (χ3n) is 8.48. The fourth-order valence-corrected chi connectivity index (χ4v) is 7.39. The van der Waals surface area contributed by atoms with E-state index in [1.807, 2.05) is 70.3 Å². The van der Waals surface area contributed by atoms with Gasteiger partial charge in [-0.25, -0.2) is 18.4 Å². The number of sulfonamides is 1. The van der Waals surface area contributed by atoms with Gasteiger partial charge in [0.1, 0.15) is 4.90 Å². The number of para-hydroxylation sites is 3. The highest BCUT2D eigenvalue weighted by atomic mass is 35.5. The van der Waals surface area contributed by atoms with E-state index >= 15 is 0 Å². The molecule has 9 nitrogen and oxygen atoms in total. The van der Waals surface area contributed by atoms with Crippen molar-refractivity contribution < 1.29 is 8.42 Å². The Balaban J connectivity index is 1.11. The van der Waals surface area contributed by atoms with Crippen LogP contribution in [0, 0.1) is 0 Å². The number of nitrogens with one attached hydrogen (secondary N) is 1. The minimum Gasteiger partial charge on any atom is -0.321 e. The Morgan fingerprint density at radius 1 is 0.932 bits per heavy atom. The molecule has 0 radical (unpaired) electrons. The molecular formula is C33H31ClN6O3S. The number of halogens is 1. The van der Waals surface area contributed by atoms with Crippen LogP contribution < -0.4 is 26.3 Å². The maximum absolute atomic E-state index is 12.7. The summed E-state index contributed by atoms with van der Waals surface area (Å²) in [6, 6.07) is 29.4. The molecule has 224 valence electrons. The van der Waals surface area contributed by atoms with Crippen molar-refractivity contribution in [1.29, 1.82) is 0 Å². The SMILES string of the molecule is NS(=O)(=O)c1cc2c(cc1Cl)=NC(c1ccc(CN3CCC(n4c(=O)[nH]c5ccccc54)CC3)cc1)N(c1ccccc1)C=2. The lowest BCUT2D eigenvalue weighted by molar-refractivity contribution is 0.180. The number of piperidine rings is 1. The third kappa shape index (κ3) is 5.46. The number of hydrogen-bond donors (Lipinski definition) is 2. The molecule has 11 heteroatoms. The molecule has 1 fully saturated rings. The summed E-state index contributed by atoms with van der Waals surface area (Å²) in [5.74, 6) is 0. The van der Waals surface area contributed by atoms with E-state index in [1.54, 1.807) is 6.07 Å². The van der Waals surface area contributed by atoms with E-state index < -0.39 is 10.0 Å². The lowest BCUT2D eigenvalue weighted by Gasteiger charge is -2.33. The molecule has 0 saturated carbocycles. The standard InChI is InChI=1S/C33H31ClN6O3S/c34-27-19-29-24(18-31(27)44(35,42)43)21-39(25-6-2-1-3-7-25)32(36-29)23-12-10-22(11-13-23)20-38-16-14-26(15-17-38)40-30-9-5-4-8-28(30)37-33(40)41/h1-13,18-19,21,26,32H,14-17,20H2,(H,37,41)(H2,35,42,43). The number of benzene rings is 4. The molecule has 44 heavy (non-hydrogen) atoms. The van der Waals surface area contributed by atoms with E-state index in [0.29, 0.717) is 10.6 Å². The molecule has 7 rings (SSSR count). The summed E-state index contributed by atoms with van der Waals surface area (Å²) >= 11 is 6.31. The normalized spacial score (nSPS) is 17.7.